The lowest BCUT2D eigenvalue weighted by molar-refractivity contribution is -0.138. The van der Waals surface area contributed by atoms with Crippen molar-refractivity contribution in [3.8, 4) is 17.2 Å². The van der Waals surface area contributed by atoms with Gasteiger partial charge in [-0.15, -0.1) is 0 Å². The van der Waals surface area contributed by atoms with Crippen LogP contribution in [0.5, 0.6) is 17.2 Å². The molecule has 0 radical (unpaired) electrons. The van der Waals surface area contributed by atoms with Gasteiger partial charge in [0, 0.05) is 18.9 Å². The van der Waals surface area contributed by atoms with Gasteiger partial charge in [0.15, 0.2) is 11.5 Å². The van der Waals surface area contributed by atoms with Crippen molar-refractivity contribution < 1.29 is 23.8 Å². The Hall–Kier alpha value is -2.04. The number of benzene rings is 1. The van der Waals surface area contributed by atoms with Gasteiger partial charge in [-0.1, -0.05) is 66.7 Å². The molecule has 0 N–H and O–H groups in total. The maximum Gasteiger partial charge on any atom is 0.311 e. The quantitative estimate of drug-likeness (QED) is 0.205. The molecule has 0 heterocycles. The van der Waals surface area contributed by atoms with Crippen molar-refractivity contribution in [1.29, 1.82) is 0 Å². The van der Waals surface area contributed by atoms with Crippen LogP contribution in [-0.2, 0) is 9.59 Å². The number of rotatable bonds is 14. The average Bonchev–Trinajstić information content (AvgIpc) is 2.61. The van der Waals surface area contributed by atoms with E-state index in [9.17, 15) is 9.59 Å². The van der Waals surface area contributed by atoms with Gasteiger partial charge in [-0.2, -0.15) is 0 Å². The van der Waals surface area contributed by atoms with Gasteiger partial charge in [-0.05, 0) is 30.4 Å². The molecular formula is C24H38O5. The van der Waals surface area contributed by atoms with Crippen LogP contribution in [-0.4, -0.2) is 18.5 Å². The van der Waals surface area contributed by atoms with Gasteiger partial charge >= 0.3 is 11.9 Å². The summed E-state index contributed by atoms with van der Waals surface area (Å²) in [6.45, 7) is 10.6. The summed E-state index contributed by atoms with van der Waals surface area (Å²) < 4.78 is 16.7. The van der Waals surface area contributed by atoms with Crippen molar-refractivity contribution in [2.45, 2.75) is 86.0 Å². The first-order chi connectivity index (χ1) is 13.8. The highest BCUT2D eigenvalue weighted by Gasteiger charge is 2.17. The highest BCUT2D eigenvalue weighted by molar-refractivity contribution is 5.76. The predicted molar refractivity (Wildman–Crippen MR) is 115 cm³/mol. The molecule has 5 heteroatoms. The summed E-state index contributed by atoms with van der Waals surface area (Å²) in [4.78, 5) is 24.2. The Bertz CT molecular complexity index is 622. The van der Waals surface area contributed by atoms with E-state index in [0.717, 1.165) is 12.8 Å². The van der Waals surface area contributed by atoms with Gasteiger partial charge in [-0.25, -0.2) is 0 Å². The minimum Gasteiger partial charge on any atom is -0.493 e. The first-order valence-corrected chi connectivity index (χ1v) is 11.0. The van der Waals surface area contributed by atoms with E-state index in [1.54, 1.807) is 18.2 Å². The molecule has 0 fully saturated rings. The summed E-state index contributed by atoms with van der Waals surface area (Å²) in [5.41, 5.74) is 0. The van der Waals surface area contributed by atoms with Crippen LogP contribution in [0.3, 0.4) is 0 Å². The molecule has 0 unspecified atom stereocenters. The number of carbonyl (C=O) groups excluding carboxylic acids is 2. The normalized spacial score (nSPS) is 11.0. The second-order valence-electron chi connectivity index (χ2n) is 8.37. The molecule has 0 amide bonds. The Morgan fingerprint density at radius 2 is 1.34 bits per heavy atom. The second kappa shape index (κ2) is 14.0. The smallest absolute Gasteiger partial charge is 0.311 e. The van der Waals surface area contributed by atoms with Crippen molar-refractivity contribution in [2.24, 2.45) is 11.8 Å². The van der Waals surface area contributed by atoms with Crippen LogP contribution in [0.4, 0.5) is 0 Å². The monoisotopic (exact) mass is 406 g/mol. The van der Waals surface area contributed by atoms with Crippen molar-refractivity contribution in [2.75, 3.05) is 6.61 Å². The van der Waals surface area contributed by atoms with Gasteiger partial charge in [0.05, 0.1) is 6.61 Å². The lowest BCUT2D eigenvalue weighted by Crippen LogP contribution is -2.14. The fraction of sp³-hybridized carbons (Fsp3) is 0.667. The summed E-state index contributed by atoms with van der Waals surface area (Å²) in [7, 11) is 0. The van der Waals surface area contributed by atoms with Crippen LogP contribution in [0.15, 0.2) is 18.2 Å². The molecule has 0 aliphatic carbocycles. The van der Waals surface area contributed by atoms with E-state index < -0.39 is 0 Å². The van der Waals surface area contributed by atoms with E-state index in [1.165, 1.54) is 25.7 Å². The highest BCUT2D eigenvalue weighted by atomic mass is 16.6. The first kappa shape index (κ1) is 25.0. The Morgan fingerprint density at radius 3 is 1.93 bits per heavy atom. The number of hydrogen-bond donors (Lipinski definition) is 0. The molecule has 1 aromatic rings. The van der Waals surface area contributed by atoms with E-state index >= 15 is 0 Å². The number of esters is 2. The molecule has 29 heavy (non-hydrogen) atoms. The molecule has 1 rings (SSSR count). The minimum absolute atomic E-state index is 0.182. The molecule has 1 aromatic carbocycles. The lowest BCUT2D eigenvalue weighted by atomic mass is 10.1. The molecule has 164 valence electrons. The molecule has 0 saturated heterocycles. The molecule has 0 aromatic heterocycles. The summed E-state index contributed by atoms with van der Waals surface area (Å²) in [6.07, 6.45) is 7.73. The number of carbonyl (C=O) groups is 2. The molecule has 0 aliphatic heterocycles. The predicted octanol–water partition coefficient (Wildman–Crippen LogP) is 6.33. The van der Waals surface area contributed by atoms with E-state index in [0.29, 0.717) is 25.2 Å². The third-order valence-corrected chi connectivity index (χ3v) is 4.28. The standard InChI is InChI=1S/C24H38O5/c1-6-7-8-9-10-11-14-27-20-12-13-21(28-23(25)15-18(2)3)22(17-20)29-24(26)16-19(4)5/h12-13,17-19H,6-11,14-16H2,1-5H3. The van der Waals surface area contributed by atoms with E-state index in [1.807, 2.05) is 27.7 Å². The van der Waals surface area contributed by atoms with Crippen molar-refractivity contribution >= 4 is 11.9 Å². The Labute approximate surface area is 176 Å². The molecule has 5 nitrogen and oxygen atoms in total. The number of ether oxygens (including phenoxy) is 3. The lowest BCUT2D eigenvalue weighted by Gasteiger charge is -2.14. The average molecular weight is 407 g/mol. The topological polar surface area (TPSA) is 61.8 Å². The third kappa shape index (κ3) is 11.5. The van der Waals surface area contributed by atoms with Gasteiger partial charge < -0.3 is 14.2 Å². The summed E-state index contributed by atoms with van der Waals surface area (Å²) in [6, 6.07) is 5.01. The molecule has 0 saturated carbocycles. The first-order valence-electron chi connectivity index (χ1n) is 11.0. The van der Waals surface area contributed by atoms with Crippen molar-refractivity contribution in [3.63, 3.8) is 0 Å². The van der Waals surface area contributed by atoms with Gasteiger partial charge in [0.1, 0.15) is 5.75 Å². The summed E-state index contributed by atoms with van der Waals surface area (Å²) >= 11 is 0. The zero-order chi connectivity index (χ0) is 21.6. The SMILES string of the molecule is CCCCCCCCOc1ccc(OC(=O)CC(C)C)c(OC(=O)CC(C)C)c1. The maximum absolute atomic E-state index is 12.1. The summed E-state index contributed by atoms with van der Waals surface area (Å²) in [5.74, 6) is 0.759. The van der Waals surface area contributed by atoms with Crippen LogP contribution in [0, 0.1) is 11.8 Å². The molecule has 0 aliphatic rings. The van der Waals surface area contributed by atoms with E-state index in [-0.39, 0.29) is 35.3 Å². The number of hydrogen-bond acceptors (Lipinski definition) is 5. The van der Waals surface area contributed by atoms with Gasteiger partial charge in [-0.3, -0.25) is 9.59 Å². The van der Waals surface area contributed by atoms with E-state index in [2.05, 4.69) is 6.92 Å². The maximum atomic E-state index is 12.1. The van der Waals surface area contributed by atoms with Crippen LogP contribution < -0.4 is 14.2 Å². The van der Waals surface area contributed by atoms with Crippen molar-refractivity contribution in [3.05, 3.63) is 18.2 Å². The molecular weight excluding hydrogens is 368 g/mol. The second-order valence-corrected chi connectivity index (χ2v) is 8.37. The van der Waals surface area contributed by atoms with Crippen molar-refractivity contribution in [1.82, 2.24) is 0 Å². The van der Waals surface area contributed by atoms with Crippen LogP contribution in [0.1, 0.15) is 86.0 Å². The molecule has 0 bridgehead atoms. The number of unbranched alkanes of at least 4 members (excludes halogenated alkanes) is 5. The largest absolute Gasteiger partial charge is 0.493 e. The fourth-order valence-electron chi connectivity index (χ4n) is 2.81. The Morgan fingerprint density at radius 1 is 0.793 bits per heavy atom. The Kier molecular flexibility index (Phi) is 12.1. The van der Waals surface area contributed by atoms with Gasteiger partial charge in [0.25, 0.3) is 0 Å². The Balaban J connectivity index is 2.72. The van der Waals surface area contributed by atoms with Crippen LogP contribution in [0.25, 0.3) is 0 Å². The minimum atomic E-state index is -0.353. The van der Waals surface area contributed by atoms with Crippen LogP contribution in [0.2, 0.25) is 0 Å². The zero-order valence-electron chi connectivity index (χ0n) is 18.8. The highest BCUT2D eigenvalue weighted by Crippen LogP contribution is 2.33. The third-order valence-electron chi connectivity index (χ3n) is 4.28. The summed E-state index contributed by atoms with van der Waals surface area (Å²) in [5, 5.41) is 0. The molecule has 0 atom stereocenters. The van der Waals surface area contributed by atoms with Gasteiger partial charge in [0.2, 0.25) is 0 Å². The van der Waals surface area contributed by atoms with E-state index in [4.69, 9.17) is 14.2 Å². The van der Waals surface area contributed by atoms with Crippen LogP contribution >= 0.6 is 0 Å². The fourth-order valence-corrected chi connectivity index (χ4v) is 2.81. The molecule has 0 spiro atoms. The zero-order valence-corrected chi connectivity index (χ0v) is 18.8.